The van der Waals surface area contributed by atoms with Crippen molar-refractivity contribution in [3.05, 3.63) is 29.3 Å². The molecule has 1 saturated heterocycles. The number of anilines is 1. The number of hydrogen-bond donors (Lipinski definition) is 1. The van der Waals surface area contributed by atoms with Gasteiger partial charge in [-0.25, -0.2) is 0 Å². The summed E-state index contributed by atoms with van der Waals surface area (Å²) in [4.78, 5) is 4.91. The van der Waals surface area contributed by atoms with Crippen molar-refractivity contribution in [2.75, 3.05) is 50.7 Å². The average molecular weight is 282 g/mol. The third-order valence-electron chi connectivity index (χ3n) is 3.60. The van der Waals surface area contributed by atoms with Crippen LogP contribution in [-0.4, -0.2) is 50.7 Å². The molecule has 0 aliphatic carbocycles. The molecule has 0 saturated carbocycles. The van der Waals surface area contributed by atoms with E-state index in [1.807, 2.05) is 12.1 Å². The molecule has 19 heavy (non-hydrogen) atoms. The summed E-state index contributed by atoms with van der Waals surface area (Å²) in [5.74, 6) is 0. The van der Waals surface area contributed by atoms with Gasteiger partial charge in [-0.3, -0.25) is 4.90 Å². The van der Waals surface area contributed by atoms with Crippen molar-refractivity contribution in [3.8, 4) is 0 Å². The number of benzene rings is 1. The number of piperazine rings is 1. The van der Waals surface area contributed by atoms with Crippen LogP contribution in [0.15, 0.2) is 24.3 Å². The Bertz CT molecular complexity index is 375. The van der Waals surface area contributed by atoms with Crippen molar-refractivity contribution >= 4 is 17.3 Å². The van der Waals surface area contributed by atoms with Crippen LogP contribution in [-0.2, 0) is 0 Å². The highest BCUT2D eigenvalue weighted by atomic mass is 35.5. The predicted molar refractivity (Wildman–Crippen MR) is 83.3 cm³/mol. The molecular weight excluding hydrogens is 258 g/mol. The summed E-state index contributed by atoms with van der Waals surface area (Å²) >= 11 is 6.25. The summed E-state index contributed by atoms with van der Waals surface area (Å²) in [5, 5.41) is 4.32. The first-order chi connectivity index (χ1) is 9.31. The summed E-state index contributed by atoms with van der Waals surface area (Å²) in [6, 6.07) is 8.13. The number of nitrogens with zero attached hydrogens (tertiary/aromatic N) is 2. The Hall–Kier alpha value is -0.770. The number of nitrogens with one attached hydrogen (secondary N) is 1. The fourth-order valence-corrected chi connectivity index (χ4v) is 2.71. The highest BCUT2D eigenvalue weighted by Crippen LogP contribution is 2.25. The minimum atomic E-state index is 0.862. The van der Waals surface area contributed by atoms with Gasteiger partial charge in [0.25, 0.3) is 0 Å². The van der Waals surface area contributed by atoms with E-state index in [9.17, 15) is 0 Å². The molecule has 1 aliphatic rings. The summed E-state index contributed by atoms with van der Waals surface area (Å²) in [7, 11) is 0. The van der Waals surface area contributed by atoms with Gasteiger partial charge in [0.15, 0.2) is 0 Å². The highest BCUT2D eigenvalue weighted by molar-refractivity contribution is 6.33. The van der Waals surface area contributed by atoms with Gasteiger partial charge in [0.2, 0.25) is 0 Å². The Morgan fingerprint density at radius 1 is 1.11 bits per heavy atom. The molecule has 0 radical (unpaired) electrons. The molecule has 4 heteroatoms. The van der Waals surface area contributed by atoms with Gasteiger partial charge in [-0.15, -0.1) is 0 Å². The summed E-state index contributed by atoms with van der Waals surface area (Å²) in [5.41, 5.74) is 1.17. The van der Waals surface area contributed by atoms with Crippen molar-refractivity contribution in [1.29, 1.82) is 0 Å². The fraction of sp³-hybridized carbons (Fsp3) is 0.600. The van der Waals surface area contributed by atoms with Crippen LogP contribution in [0.2, 0.25) is 5.02 Å². The Balaban J connectivity index is 1.75. The first-order valence-corrected chi connectivity index (χ1v) is 7.61. The first-order valence-electron chi connectivity index (χ1n) is 7.24. The molecule has 1 aliphatic heterocycles. The number of hydrogen-bond acceptors (Lipinski definition) is 3. The average Bonchev–Trinajstić information content (AvgIpc) is 2.45. The normalized spacial score (nSPS) is 16.8. The van der Waals surface area contributed by atoms with Gasteiger partial charge in [0.1, 0.15) is 0 Å². The fourth-order valence-electron chi connectivity index (χ4n) is 2.46. The Kier molecular flexibility index (Phi) is 5.95. The molecule has 2 rings (SSSR count). The highest BCUT2D eigenvalue weighted by Gasteiger charge is 2.17. The lowest BCUT2D eigenvalue weighted by Gasteiger charge is -2.36. The first kappa shape index (κ1) is 14.6. The van der Waals surface area contributed by atoms with Gasteiger partial charge in [0.05, 0.1) is 10.7 Å². The second kappa shape index (κ2) is 7.73. The van der Waals surface area contributed by atoms with Gasteiger partial charge >= 0.3 is 0 Å². The number of halogens is 1. The van der Waals surface area contributed by atoms with E-state index in [1.54, 1.807) is 0 Å². The zero-order chi connectivity index (χ0) is 13.5. The van der Waals surface area contributed by atoms with Gasteiger partial charge < -0.3 is 10.2 Å². The molecule has 0 spiro atoms. The largest absolute Gasteiger partial charge is 0.368 e. The zero-order valence-electron chi connectivity index (χ0n) is 11.7. The van der Waals surface area contributed by atoms with Gasteiger partial charge in [0, 0.05) is 39.3 Å². The molecule has 3 nitrogen and oxygen atoms in total. The van der Waals surface area contributed by atoms with Crippen molar-refractivity contribution in [3.63, 3.8) is 0 Å². The maximum Gasteiger partial charge on any atom is 0.0639 e. The molecule has 1 N–H and O–H groups in total. The molecule has 0 amide bonds. The Labute approximate surface area is 121 Å². The predicted octanol–water partition coefficient (Wildman–Crippen LogP) is 2.46. The van der Waals surface area contributed by atoms with Crippen molar-refractivity contribution in [2.45, 2.75) is 13.3 Å². The maximum atomic E-state index is 6.25. The van der Waals surface area contributed by atoms with Gasteiger partial charge in [-0.05, 0) is 25.1 Å². The number of para-hydroxylation sites is 1. The molecular formula is C15H24ClN3. The van der Waals surface area contributed by atoms with Gasteiger partial charge in [-0.1, -0.05) is 30.7 Å². The molecule has 1 heterocycles. The second-order valence-corrected chi connectivity index (χ2v) is 5.44. The van der Waals surface area contributed by atoms with E-state index in [-0.39, 0.29) is 0 Å². The van der Waals surface area contributed by atoms with Crippen molar-refractivity contribution < 1.29 is 0 Å². The van der Waals surface area contributed by atoms with E-state index < -0.39 is 0 Å². The van der Waals surface area contributed by atoms with Crippen LogP contribution >= 0.6 is 11.6 Å². The molecule has 0 aromatic heterocycles. The van der Waals surface area contributed by atoms with Gasteiger partial charge in [-0.2, -0.15) is 0 Å². The van der Waals surface area contributed by atoms with Crippen LogP contribution in [0.4, 0.5) is 5.69 Å². The minimum Gasteiger partial charge on any atom is -0.368 e. The third-order valence-corrected chi connectivity index (χ3v) is 3.92. The van der Waals surface area contributed by atoms with Crippen molar-refractivity contribution in [1.82, 2.24) is 10.2 Å². The van der Waals surface area contributed by atoms with Crippen LogP contribution in [0.25, 0.3) is 0 Å². The minimum absolute atomic E-state index is 0.862. The number of rotatable bonds is 6. The Morgan fingerprint density at radius 2 is 1.84 bits per heavy atom. The monoisotopic (exact) mass is 281 g/mol. The van der Waals surface area contributed by atoms with Crippen molar-refractivity contribution in [2.24, 2.45) is 0 Å². The molecule has 0 bridgehead atoms. The lowest BCUT2D eigenvalue weighted by molar-refractivity contribution is 0.258. The molecule has 0 unspecified atom stereocenters. The van der Waals surface area contributed by atoms with E-state index in [0.29, 0.717) is 0 Å². The molecule has 1 fully saturated rings. The summed E-state index contributed by atoms with van der Waals surface area (Å²) in [6.45, 7) is 9.96. The van der Waals surface area contributed by atoms with Crippen LogP contribution < -0.4 is 10.2 Å². The quantitative estimate of drug-likeness (QED) is 0.808. The van der Waals surface area contributed by atoms with Crippen LogP contribution in [0.5, 0.6) is 0 Å². The maximum absolute atomic E-state index is 6.25. The third kappa shape index (κ3) is 4.37. The second-order valence-electron chi connectivity index (χ2n) is 5.03. The van der Waals surface area contributed by atoms with Crippen LogP contribution in [0.3, 0.4) is 0 Å². The summed E-state index contributed by atoms with van der Waals surface area (Å²) < 4.78 is 0. The van der Waals surface area contributed by atoms with Crippen LogP contribution in [0, 0.1) is 0 Å². The molecule has 106 valence electrons. The van der Waals surface area contributed by atoms with E-state index in [2.05, 4.69) is 34.2 Å². The van der Waals surface area contributed by atoms with E-state index in [1.165, 1.54) is 12.1 Å². The summed E-state index contributed by atoms with van der Waals surface area (Å²) in [6.07, 6.45) is 1.21. The Morgan fingerprint density at radius 3 is 2.53 bits per heavy atom. The van der Waals surface area contributed by atoms with E-state index >= 15 is 0 Å². The topological polar surface area (TPSA) is 18.5 Å². The molecule has 1 aromatic rings. The SMILES string of the molecule is CCCNCCN1CCN(c2ccccc2Cl)CC1. The lowest BCUT2D eigenvalue weighted by Crippen LogP contribution is -2.48. The van der Waals surface area contributed by atoms with E-state index in [4.69, 9.17) is 11.6 Å². The smallest absolute Gasteiger partial charge is 0.0639 e. The van der Waals surface area contributed by atoms with Crippen LogP contribution in [0.1, 0.15) is 13.3 Å². The van der Waals surface area contributed by atoms with E-state index in [0.717, 1.165) is 50.8 Å². The zero-order valence-corrected chi connectivity index (χ0v) is 12.5. The standard InChI is InChI=1S/C15H24ClN3/c1-2-7-17-8-9-18-10-12-19(13-11-18)15-6-4-3-5-14(15)16/h3-6,17H,2,7-13H2,1H3. The lowest BCUT2D eigenvalue weighted by atomic mass is 10.2. The molecule has 0 atom stereocenters. The molecule has 1 aromatic carbocycles.